The summed E-state index contributed by atoms with van der Waals surface area (Å²) in [6.07, 6.45) is 10.6. The minimum atomic E-state index is -0.208. The van der Waals surface area contributed by atoms with Crippen LogP contribution >= 0.6 is 0 Å². The van der Waals surface area contributed by atoms with Crippen LogP contribution in [-0.2, 0) is 6.42 Å². The summed E-state index contributed by atoms with van der Waals surface area (Å²) in [6, 6.07) is 10.4. The Labute approximate surface area is 169 Å². The number of carbonyl (C=O) groups excluding carboxylic acids is 1. The van der Waals surface area contributed by atoms with E-state index in [0.717, 1.165) is 49.9 Å². The van der Waals surface area contributed by atoms with E-state index >= 15 is 0 Å². The number of pyridine rings is 1. The molecule has 1 aromatic carbocycles. The van der Waals surface area contributed by atoms with Gasteiger partial charge in [0.15, 0.2) is 5.82 Å². The maximum absolute atomic E-state index is 13.0. The number of piperidine rings is 1. The molecular formula is C23H23FN4O. The van der Waals surface area contributed by atoms with Gasteiger partial charge in [-0.25, -0.2) is 14.4 Å². The second kappa shape index (κ2) is 8.90. The van der Waals surface area contributed by atoms with E-state index in [1.165, 1.54) is 12.1 Å². The Morgan fingerprint density at radius 1 is 1.07 bits per heavy atom. The highest BCUT2D eigenvalue weighted by Gasteiger charge is 2.24. The van der Waals surface area contributed by atoms with Crippen molar-refractivity contribution in [3.05, 3.63) is 78.1 Å². The molecule has 148 valence electrons. The van der Waals surface area contributed by atoms with E-state index in [-0.39, 0.29) is 11.7 Å². The lowest BCUT2D eigenvalue weighted by molar-refractivity contribution is 0.0667. The SMILES string of the molecule is O=C(c1cnc(-c2ccncc2)nc1)N1CCCC(CCc2ccc(F)cc2)C1. The fourth-order valence-corrected chi connectivity index (χ4v) is 3.78. The number of rotatable bonds is 5. The number of nitrogens with zero attached hydrogens (tertiary/aromatic N) is 4. The summed E-state index contributed by atoms with van der Waals surface area (Å²) < 4.78 is 13.0. The number of benzene rings is 1. The Hall–Kier alpha value is -3.15. The van der Waals surface area contributed by atoms with Crippen LogP contribution in [0.1, 0.15) is 35.2 Å². The van der Waals surface area contributed by atoms with Gasteiger partial charge in [-0.05, 0) is 61.4 Å². The molecule has 0 N–H and O–H groups in total. The number of hydrogen-bond acceptors (Lipinski definition) is 4. The predicted octanol–water partition coefficient (Wildman–Crippen LogP) is 4.16. The van der Waals surface area contributed by atoms with Crippen LogP contribution < -0.4 is 0 Å². The molecule has 4 rings (SSSR count). The Kier molecular flexibility index (Phi) is 5.89. The van der Waals surface area contributed by atoms with E-state index in [1.54, 1.807) is 24.8 Å². The molecule has 0 saturated carbocycles. The van der Waals surface area contributed by atoms with Crippen LogP contribution in [0.2, 0.25) is 0 Å². The number of likely N-dealkylation sites (tertiary alicyclic amines) is 1. The Balaban J connectivity index is 1.36. The molecule has 1 atom stereocenters. The van der Waals surface area contributed by atoms with Gasteiger partial charge >= 0.3 is 0 Å². The van der Waals surface area contributed by atoms with Crippen molar-refractivity contribution in [2.24, 2.45) is 5.92 Å². The molecule has 6 heteroatoms. The lowest BCUT2D eigenvalue weighted by Crippen LogP contribution is -2.40. The molecule has 0 radical (unpaired) electrons. The second-order valence-electron chi connectivity index (χ2n) is 7.46. The average Bonchev–Trinajstić information content (AvgIpc) is 2.79. The zero-order valence-electron chi connectivity index (χ0n) is 16.2. The molecule has 3 aromatic rings. The molecule has 1 saturated heterocycles. The van der Waals surface area contributed by atoms with E-state index in [9.17, 15) is 9.18 Å². The van der Waals surface area contributed by atoms with Crippen molar-refractivity contribution >= 4 is 5.91 Å². The van der Waals surface area contributed by atoms with E-state index in [0.29, 0.717) is 17.3 Å². The van der Waals surface area contributed by atoms with Gasteiger partial charge < -0.3 is 4.90 Å². The molecule has 29 heavy (non-hydrogen) atoms. The van der Waals surface area contributed by atoms with Crippen molar-refractivity contribution in [3.63, 3.8) is 0 Å². The molecular weight excluding hydrogens is 367 g/mol. The van der Waals surface area contributed by atoms with Crippen molar-refractivity contribution in [1.29, 1.82) is 0 Å². The first kappa shape index (κ1) is 19.2. The Morgan fingerprint density at radius 3 is 2.52 bits per heavy atom. The molecule has 1 aliphatic heterocycles. The van der Waals surface area contributed by atoms with Crippen LogP contribution in [0.5, 0.6) is 0 Å². The normalized spacial score (nSPS) is 16.6. The number of halogens is 1. The number of carbonyl (C=O) groups is 1. The second-order valence-corrected chi connectivity index (χ2v) is 7.46. The molecule has 1 amide bonds. The largest absolute Gasteiger partial charge is 0.338 e. The lowest BCUT2D eigenvalue weighted by atomic mass is 9.91. The first-order valence-corrected chi connectivity index (χ1v) is 9.95. The van der Waals surface area contributed by atoms with Gasteiger partial charge in [-0.1, -0.05) is 12.1 Å². The van der Waals surface area contributed by atoms with E-state index in [2.05, 4.69) is 15.0 Å². The minimum absolute atomic E-state index is 0.0160. The minimum Gasteiger partial charge on any atom is -0.338 e. The topological polar surface area (TPSA) is 59.0 Å². The number of aromatic nitrogens is 3. The van der Waals surface area contributed by atoms with E-state index < -0.39 is 0 Å². The number of hydrogen-bond donors (Lipinski definition) is 0. The number of aryl methyl sites for hydroxylation is 1. The smallest absolute Gasteiger partial charge is 0.256 e. The van der Waals surface area contributed by atoms with Crippen LogP contribution in [0.4, 0.5) is 4.39 Å². The van der Waals surface area contributed by atoms with Crippen molar-refractivity contribution in [1.82, 2.24) is 19.9 Å². The first-order chi connectivity index (χ1) is 14.2. The summed E-state index contributed by atoms with van der Waals surface area (Å²) in [4.78, 5) is 27.5. The molecule has 5 nitrogen and oxygen atoms in total. The third-order valence-corrected chi connectivity index (χ3v) is 5.40. The molecule has 1 fully saturated rings. The fourth-order valence-electron chi connectivity index (χ4n) is 3.78. The van der Waals surface area contributed by atoms with Gasteiger partial charge in [-0.15, -0.1) is 0 Å². The summed E-state index contributed by atoms with van der Waals surface area (Å²) >= 11 is 0. The monoisotopic (exact) mass is 390 g/mol. The highest BCUT2D eigenvalue weighted by Crippen LogP contribution is 2.23. The maximum atomic E-state index is 13.0. The molecule has 0 spiro atoms. The molecule has 1 unspecified atom stereocenters. The van der Waals surface area contributed by atoms with Crippen LogP contribution in [0.15, 0.2) is 61.2 Å². The summed E-state index contributed by atoms with van der Waals surface area (Å²) in [6.45, 7) is 1.50. The molecule has 0 bridgehead atoms. The summed E-state index contributed by atoms with van der Waals surface area (Å²) in [5, 5.41) is 0. The molecule has 2 aromatic heterocycles. The molecule has 1 aliphatic rings. The van der Waals surface area contributed by atoms with Crippen molar-refractivity contribution < 1.29 is 9.18 Å². The predicted molar refractivity (Wildman–Crippen MR) is 109 cm³/mol. The average molecular weight is 390 g/mol. The highest BCUT2D eigenvalue weighted by atomic mass is 19.1. The van der Waals surface area contributed by atoms with Gasteiger partial charge in [0, 0.05) is 43.4 Å². The van der Waals surface area contributed by atoms with Crippen LogP contribution in [0.25, 0.3) is 11.4 Å². The highest BCUT2D eigenvalue weighted by molar-refractivity contribution is 5.93. The summed E-state index contributed by atoms with van der Waals surface area (Å²) in [5.41, 5.74) is 2.52. The van der Waals surface area contributed by atoms with E-state index in [1.807, 2.05) is 29.2 Å². The standard InChI is InChI=1S/C23H23FN4O/c24-21-7-5-17(6-8-21)3-4-18-2-1-13-28(16-18)23(29)20-14-26-22(27-15-20)19-9-11-25-12-10-19/h5-12,14-15,18H,1-4,13,16H2. The van der Waals surface area contributed by atoms with Crippen LogP contribution in [0, 0.1) is 11.7 Å². The zero-order valence-corrected chi connectivity index (χ0v) is 16.2. The van der Waals surface area contributed by atoms with Gasteiger partial charge in [0.25, 0.3) is 5.91 Å². The van der Waals surface area contributed by atoms with E-state index in [4.69, 9.17) is 0 Å². The van der Waals surface area contributed by atoms with Crippen molar-refractivity contribution in [3.8, 4) is 11.4 Å². The van der Waals surface area contributed by atoms with Gasteiger partial charge in [0.2, 0.25) is 0 Å². The lowest BCUT2D eigenvalue weighted by Gasteiger charge is -2.32. The molecule has 3 heterocycles. The Morgan fingerprint density at radius 2 is 1.79 bits per heavy atom. The third kappa shape index (κ3) is 4.83. The van der Waals surface area contributed by atoms with Gasteiger partial charge in [-0.3, -0.25) is 9.78 Å². The van der Waals surface area contributed by atoms with Crippen molar-refractivity contribution in [2.45, 2.75) is 25.7 Å². The van der Waals surface area contributed by atoms with Crippen LogP contribution in [0.3, 0.4) is 0 Å². The van der Waals surface area contributed by atoms with Crippen molar-refractivity contribution in [2.75, 3.05) is 13.1 Å². The number of amides is 1. The Bertz CT molecular complexity index is 945. The van der Waals surface area contributed by atoms with Crippen LogP contribution in [-0.4, -0.2) is 38.8 Å². The molecule has 0 aliphatic carbocycles. The van der Waals surface area contributed by atoms with Gasteiger partial charge in [-0.2, -0.15) is 0 Å². The quantitative estimate of drug-likeness (QED) is 0.656. The maximum Gasteiger partial charge on any atom is 0.256 e. The summed E-state index contributed by atoms with van der Waals surface area (Å²) in [7, 11) is 0. The van der Waals surface area contributed by atoms with Gasteiger partial charge in [0.05, 0.1) is 5.56 Å². The van der Waals surface area contributed by atoms with Gasteiger partial charge in [0.1, 0.15) is 5.82 Å². The summed E-state index contributed by atoms with van der Waals surface area (Å²) in [5.74, 6) is 0.813. The first-order valence-electron chi connectivity index (χ1n) is 9.95. The fraction of sp³-hybridized carbons (Fsp3) is 0.304. The zero-order chi connectivity index (χ0) is 20.1. The third-order valence-electron chi connectivity index (χ3n) is 5.40.